The van der Waals surface area contributed by atoms with E-state index in [1.807, 2.05) is 12.1 Å². The summed E-state index contributed by atoms with van der Waals surface area (Å²) in [6.45, 7) is 2.07. The number of hydrogen-bond acceptors (Lipinski definition) is 2. The molecule has 0 spiro atoms. The van der Waals surface area contributed by atoms with Crippen molar-refractivity contribution in [3.8, 4) is 0 Å². The minimum absolute atomic E-state index is 0.147. The van der Waals surface area contributed by atoms with Crippen molar-refractivity contribution in [2.24, 2.45) is 5.73 Å². The normalized spacial score (nSPS) is 12.4. The van der Waals surface area contributed by atoms with Crippen molar-refractivity contribution in [2.75, 3.05) is 5.75 Å². The Morgan fingerprint density at radius 3 is 2.67 bits per heavy atom. The van der Waals surface area contributed by atoms with Gasteiger partial charge in [-0.05, 0) is 36.8 Å². The van der Waals surface area contributed by atoms with E-state index in [0.717, 1.165) is 11.3 Å². The second-order valence-electron chi connectivity index (χ2n) is 4.29. The Bertz CT molecular complexity index is 527. The molecule has 0 radical (unpaired) electrons. The van der Waals surface area contributed by atoms with Gasteiger partial charge in [-0.3, -0.25) is 0 Å². The van der Waals surface area contributed by atoms with Gasteiger partial charge in [0.1, 0.15) is 5.82 Å². The first-order valence-electron chi connectivity index (χ1n) is 5.85. The molecule has 94 valence electrons. The largest absolute Gasteiger partial charge is 0.323 e. The first-order chi connectivity index (χ1) is 8.65. The highest BCUT2D eigenvalue weighted by Gasteiger charge is 2.07. The number of rotatable bonds is 4. The van der Waals surface area contributed by atoms with E-state index in [4.69, 9.17) is 5.73 Å². The van der Waals surface area contributed by atoms with Crippen molar-refractivity contribution < 1.29 is 4.39 Å². The van der Waals surface area contributed by atoms with E-state index in [-0.39, 0.29) is 11.9 Å². The first-order valence-corrected chi connectivity index (χ1v) is 6.84. The highest BCUT2D eigenvalue weighted by atomic mass is 32.2. The Labute approximate surface area is 111 Å². The van der Waals surface area contributed by atoms with Crippen LogP contribution in [0.1, 0.15) is 17.2 Å². The molecule has 0 saturated carbocycles. The van der Waals surface area contributed by atoms with E-state index in [1.165, 1.54) is 22.6 Å². The Balaban J connectivity index is 1.98. The van der Waals surface area contributed by atoms with Crippen molar-refractivity contribution >= 4 is 11.8 Å². The number of hydrogen-bond donors (Lipinski definition) is 1. The Morgan fingerprint density at radius 1 is 1.17 bits per heavy atom. The van der Waals surface area contributed by atoms with Crippen LogP contribution in [0.5, 0.6) is 0 Å². The van der Waals surface area contributed by atoms with Gasteiger partial charge in [0, 0.05) is 16.7 Å². The summed E-state index contributed by atoms with van der Waals surface area (Å²) < 4.78 is 13.1. The minimum Gasteiger partial charge on any atom is -0.323 e. The molecule has 0 aliphatic carbocycles. The number of aryl methyl sites for hydroxylation is 1. The third-order valence-corrected chi connectivity index (χ3v) is 3.81. The number of benzene rings is 2. The average molecular weight is 261 g/mol. The van der Waals surface area contributed by atoms with Crippen LogP contribution < -0.4 is 5.73 Å². The highest BCUT2D eigenvalue weighted by molar-refractivity contribution is 7.99. The number of halogens is 1. The molecule has 1 unspecified atom stereocenters. The van der Waals surface area contributed by atoms with E-state index >= 15 is 0 Å². The maximum atomic E-state index is 13.1. The quantitative estimate of drug-likeness (QED) is 0.844. The summed E-state index contributed by atoms with van der Waals surface area (Å²) in [6, 6.07) is 14.6. The monoisotopic (exact) mass is 261 g/mol. The van der Waals surface area contributed by atoms with Crippen molar-refractivity contribution in [3.63, 3.8) is 0 Å². The molecule has 0 aliphatic heterocycles. The molecule has 0 heterocycles. The molecular formula is C15H16FNS. The number of thioether (sulfide) groups is 1. The molecule has 1 nitrogen and oxygen atoms in total. The summed E-state index contributed by atoms with van der Waals surface area (Å²) in [4.78, 5) is 1.20. The van der Waals surface area contributed by atoms with Crippen LogP contribution >= 0.6 is 11.8 Å². The second kappa shape index (κ2) is 6.03. The highest BCUT2D eigenvalue weighted by Crippen LogP contribution is 2.24. The summed E-state index contributed by atoms with van der Waals surface area (Å²) in [6.07, 6.45) is 0. The molecule has 0 amide bonds. The predicted octanol–water partition coefficient (Wildman–Crippen LogP) is 3.93. The standard InChI is InChI=1S/C15H16FNS/c1-11-4-2-7-14(8-11)18-10-15(17)12-5-3-6-13(16)9-12/h2-9,15H,10,17H2,1H3. The summed E-state index contributed by atoms with van der Waals surface area (Å²) in [7, 11) is 0. The van der Waals surface area contributed by atoms with E-state index in [9.17, 15) is 4.39 Å². The first kappa shape index (κ1) is 13.1. The molecule has 2 rings (SSSR count). The van der Waals surface area contributed by atoms with E-state index in [1.54, 1.807) is 17.8 Å². The van der Waals surface area contributed by atoms with Gasteiger partial charge in [-0.25, -0.2) is 4.39 Å². The lowest BCUT2D eigenvalue weighted by Crippen LogP contribution is -2.13. The zero-order valence-corrected chi connectivity index (χ0v) is 11.1. The van der Waals surface area contributed by atoms with E-state index < -0.39 is 0 Å². The average Bonchev–Trinajstić information content (AvgIpc) is 2.36. The van der Waals surface area contributed by atoms with Gasteiger partial charge in [0.15, 0.2) is 0 Å². The van der Waals surface area contributed by atoms with E-state index in [0.29, 0.717) is 0 Å². The van der Waals surface area contributed by atoms with Crippen molar-refractivity contribution in [2.45, 2.75) is 17.9 Å². The zero-order valence-electron chi connectivity index (χ0n) is 10.3. The molecule has 2 aromatic carbocycles. The van der Waals surface area contributed by atoms with Gasteiger partial charge in [-0.1, -0.05) is 29.8 Å². The third-order valence-electron chi connectivity index (χ3n) is 2.70. The Hall–Kier alpha value is -1.32. The fraction of sp³-hybridized carbons (Fsp3) is 0.200. The van der Waals surface area contributed by atoms with Crippen LogP contribution in [0.4, 0.5) is 4.39 Å². The SMILES string of the molecule is Cc1cccc(SCC(N)c2cccc(F)c2)c1. The molecule has 1 atom stereocenters. The maximum Gasteiger partial charge on any atom is 0.123 e. The van der Waals surface area contributed by atoms with Crippen molar-refractivity contribution in [1.29, 1.82) is 0 Å². The van der Waals surface area contributed by atoms with Gasteiger partial charge in [-0.15, -0.1) is 11.8 Å². The maximum absolute atomic E-state index is 13.1. The third kappa shape index (κ3) is 3.59. The van der Waals surface area contributed by atoms with Gasteiger partial charge in [0.25, 0.3) is 0 Å². The molecule has 0 fully saturated rings. The van der Waals surface area contributed by atoms with Gasteiger partial charge in [-0.2, -0.15) is 0 Å². The lowest BCUT2D eigenvalue weighted by Gasteiger charge is -2.12. The smallest absolute Gasteiger partial charge is 0.123 e. The lowest BCUT2D eigenvalue weighted by molar-refractivity contribution is 0.622. The molecule has 0 aromatic heterocycles. The van der Waals surface area contributed by atoms with Gasteiger partial charge < -0.3 is 5.73 Å². The molecule has 3 heteroatoms. The van der Waals surface area contributed by atoms with Crippen LogP contribution in [0, 0.1) is 12.7 Å². The molecule has 0 saturated heterocycles. The van der Waals surface area contributed by atoms with Crippen LogP contribution in [-0.4, -0.2) is 5.75 Å². The van der Waals surface area contributed by atoms with Gasteiger partial charge in [0.2, 0.25) is 0 Å². The molecule has 0 bridgehead atoms. The Morgan fingerprint density at radius 2 is 1.94 bits per heavy atom. The van der Waals surface area contributed by atoms with Crippen LogP contribution in [0.25, 0.3) is 0 Å². The van der Waals surface area contributed by atoms with Crippen LogP contribution in [0.15, 0.2) is 53.4 Å². The fourth-order valence-electron chi connectivity index (χ4n) is 1.72. The number of nitrogens with two attached hydrogens (primary N) is 1. The van der Waals surface area contributed by atoms with Crippen molar-refractivity contribution in [1.82, 2.24) is 0 Å². The summed E-state index contributed by atoms with van der Waals surface area (Å²) in [5, 5.41) is 0. The van der Waals surface area contributed by atoms with Crippen LogP contribution in [-0.2, 0) is 0 Å². The predicted molar refractivity (Wildman–Crippen MR) is 75.2 cm³/mol. The molecular weight excluding hydrogens is 245 g/mol. The molecule has 0 aliphatic rings. The van der Waals surface area contributed by atoms with Crippen LogP contribution in [0.3, 0.4) is 0 Å². The molecule has 18 heavy (non-hydrogen) atoms. The van der Waals surface area contributed by atoms with E-state index in [2.05, 4.69) is 25.1 Å². The second-order valence-corrected chi connectivity index (χ2v) is 5.38. The fourth-order valence-corrected chi connectivity index (χ4v) is 2.73. The van der Waals surface area contributed by atoms with Gasteiger partial charge >= 0.3 is 0 Å². The van der Waals surface area contributed by atoms with Crippen molar-refractivity contribution in [3.05, 3.63) is 65.5 Å². The summed E-state index contributed by atoms with van der Waals surface area (Å²) >= 11 is 1.70. The molecule has 2 aromatic rings. The zero-order chi connectivity index (χ0) is 13.0. The van der Waals surface area contributed by atoms with Gasteiger partial charge in [0.05, 0.1) is 0 Å². The van der Waals surface area contributed by atoms with Crippen LogP contribution in [0.2, 0.25) is 0 Å². The summed E-state index contributed by atoms with van der Waals surface area (Å²) in [5.74, 6) is 0.510. The molecule has 2 N–H and O–H groups in total. The minimum atomic E-state index is -0.233. The topological polar surface area (TPSA) is 26.0 Å². The lowest BCUT2D eigenvalue weighted by atomic mass is 10.1. The Kier molecular flexibility index (Phi) is 4.39. The summed E-state index contributed by atoms with van der Waals surface area (Å²) in [5.41, 5.74) is 8.14.